The lowest BCUT2D eigenvalue weighted by atomic mass is 9.97. The van der Waals surface area contributed by atoms with Crippen LogP contribution in [0.5, 0.6) is 0 Å². The molecule has 1 unspecified atom stereocenters. The lowest BCUT2D eigenvalue weighted by molar-refractivity contribution is 0.284. The van der Waals surface area contributed by atoms with E-state index in [0.717, 1.165) is 24.8 Å². The Hall–Kier alpha value is 0.270. The number of thiol groups is 1. The Bertz CT molecular complexity index is 141. The van der Waals surface area contributed by atoms with Crippen molar-refractivity contribution in [2.75, 3.05) is 31.9 Å². The molecule has 0 radical (unpaired) electrons. The Labute approximate surface area is 93.6 Å². The second-order valence-corrected chi connectivity index (χ2v) is 4.75. The Morgan fingerprint density at radius 1 is 1.14 bits per heavy atom. The van der Waals surface area contributed by atoms with Crippen molar-refractivity contribution in [3.63, 3.8) is 0 Å². The minimum absolute atomic E-state index is 0.783. The fourth-order valence-corrected chi connectivity index (χ4v) is 2.51. The van der Waals surface area contributed by atoms with Gasteiger partial charge in [0.15, 0.2) is 0 Å². The highest BCUT2D eigenvalue weighted by molar-refractivity contribution is 7.80. The van der Waals surface area contributed by atoms with Gasteiger partial charge in [-0.25, -0.2) is 0 Å². The predicted molar refractivity (Wildman–Crippen MR) is 65.9 cm³/mol. The molecule has 1 aliphatic heterocycles. The number of nitrogens with two attached hydrogens (primary N) is 1. The molecule has 1 heterocycles. The van der Waals surface area contributed by atoms with E-state index in [1.165, 1.54) is 45.2 Å². The van der Waals surface area contributed by atoms with Gasteiger partial charge in [0.25, 0.3) is 0 Å². The van der Waals surface area contributed by atoms with Crippen molar-refractivity contribution >= 4 is 12.6 Å². The van der Waals surface area contributed by atoms with E-state index in [2.05, 4.69) is 17.5 Å². The van der Waals surface area contributed by atoms with Crippen molar-refractivity contribution in [1.29, 1.82) is 0 Å². The van der Waals surface area contributed by atoms with Crippen LogP contribution >= 0.6 is 12.6 Å². The van der Waals surface area contributed by atoms with Gasteiger partial charge in [0.1, 0.15) is 0 Å². The van der Waals surface area contributed by atoms with Crippen molar-refractivity contribution < 1.29 is 0 Å². The minimum Gasteiger partial charge on any atom is -0.330 e. The normalized spacial score (nSPS) is 26.6. The van der Waals surface area contributed by atoms with Crippen LogP contribution in [-0.4, -0.2) is 36.8 Å². The van der Waals surface area contributed by atoms with Crippen molar-refractivity contribution in [3.8, 4) is 0 Å². The third kappa shape index (κ3) is 4.67. The molecular weight excluding hydrogens is 192 g/mol. The molecule has 1 fully saturated rings. The summed E-state index contributed by atoms with van der Waals surface area (Å²) in [5.74, 6) is 1.77. The van der Waals surface area contributed by atoms with Gasteiger partial charge >= 0.3 is 0 Å². The smallest absolute Gasteiger partial charge is 0.00698 e. The highest BCUT2D eigenvalue weighted by Gasteiger charge is 2.11. The molecule has 0 aliphatic carbocycles. The molecule has 1 atom stereocenters. The molecule has 0 amide bonds. The summed E-state index contributed by atoms with van der Waals surface area (Å²) in [7, 11) is 0. The first-order valence-electron chi connectivity index (χ1n) is 5.90. The number of nitrogens with zero attached hydrogens (tertiary/aromatic N) is 1. The van der Waals surface area contributed by atoms with E-state index in [0.29, 0.717) is 0 Å². The van der Waals surface area contributed by atoms with Crippen LogP contribution < -0.4 is 5.73 Å². The first-order valence-corrected chi connectivity index (χ1v) is 6.53. The molecule has 1 saturated heterocycles. The minimum atomic E-state index is 0.783. The maximum atomic E-state index is 5.74. The molecule has 0 aromatic rings. The van der Waals surface area contributed by atoms with Crippen LogP contribution in [0.15, 0.2) is 0 Å². The average molecular weight is 216 g/mol. The largest absolute Gasteiger partial charge is 0.330 e. The van der Waals surface area contributed by atoms with E-state index < -0.39 is 0 Å². The maximum absolute atomic E-state index is 5.74. The van der Waals surface area contributed by atoms with Gasteiger partial charge in [0.05, 0.1) is 0 Å². The molecule has 0 aromatic carbocycles. The first kappa shape index (κ1) is 12.3. The summed E-state index contributed by atoms with van der Waals surface area (Å²) >= 11 is 4.29. The van der Waals surface area contributed by atoms with Gasteiger partial charge in [0.2, 0.25) is 0 Å². The second kappa shape index (κ2) is 7.55. The third-order valence-electron chi connectivity index (χ3n) is 3.17. The van der Waals surface area contributed by atoms with Crippen LogP contribution in [-0.2, 0) is 0 Å². The van der Waals surface area contributed by atoms with Crippen molar-refractivity contribution in [2.45, 2.75) is 32.1 Å². The Morgan fingerprint density at radius 2 is 1.86 bits per heavy atom. The van der Waals surface area contributed by atoms with E-state index in [-0.39, 0.29) is 0 Å². The standard InChI is InChI=1S/C11H24N2S/c12-10-11-4-1-2-6-13(8-9-14)7-3-5-11/h11,14H,1-10,12H2. The SMILES string of the molecule is NCC1CCCCN(CCS)CCC1. The van der Waals surface area contributed by atoms with Gasteiger partial charge < -0.3 is 10.6 Å². The summed E-state index contributed by atoms with van der Waals surface area (Å²) in [4.78, 5) is 2.55. The van der Waals surface area contributed by atoms with Crippen LogP contribution in [0.25, 0.3) is 0 Å². The van der Waals surface area contributed by atoms with Crippen molar-refractivity contribution in [2.24, 2.45) is 11.7 Å². The van der Waals surface area contributed by atoms with Gasteiger partial charge in [-0.15, -0.1) is 0 Å². The molecule has 0 spiro atoms. The van der Waals surface area contributed by atoms with E-state index in [1.807, 2.05) is 0 Å². The summed E-state index contributed by atoms with van der Waals surface area (Å²) in [6, 6.07) is 0. The molecule has 0 saturated carbocycles. The Balaban J connectivity index is 2.28. The van der Waals surface area contributed by atoms with Crippen molar-refractivity contribution in [3.05, 3.63) is 0 Å². The second-order valence-electron chi connectivity index (χ2n) is 4.30. The lowest BCUT2D eigenvalue weighted by Gasteiger charge is -2.20. The zero-order valence-corrected chi connectivity index (χ0v) is 10.0. The fraction of sp³-hybridized carbons (Fsp3) is 1.00. The highest BCUT2D eigenvalue weighted by Crippen LogP contribution is 2.16. The zero-order chi connectivity index (χ0) is 10.2. The molecule has 1 aliphatic rings. The highest BCUT2D eigenvalue weighted by atomic mass is 32.1. The Kier molecular flexibility index (Phi) is 6.65. The fourth-order valence-electron chi connectivity index (χ4n) is 2.23. The summed E-state index contributed by atoms with van der Waals surface area (Å²) in [5, 5.41) is 0. The molecule has 84 valence electrons. The lowest BCUT2D eigenvalue weighted by Crippen LogP contribution is -2.27. The van der Waals surface area contributed by atoms with Gasteiger partial charge in [-0.1, -0.05) is 6.42 Å². The number of rotatable bonds is 3. The molecule has 2 nitrogen and oxygen atoms in total. The third-order valence-corrected chi connectivity index (χ3v) is 3.37. The van der Waals surface area contributed by atoms with Gasteiger partial charge in [-0.3, -0.25) is 0 Å². The maximum Gasteiger partial charge on any atom is 0.00698 e. The zero-order valence-electron chi connectivity index (χ0n) is 9.12. The molecule has 1 rings (SSSR count). The van der Waals surface area contributed by atoms with Crippen LogP contribution in [0.2, 0.25) is 0 Å². The van der Waals surface area contributed by atoms with Crippen LogP contribution in [0.1, 0.15) is 32.1 Å². The van der Waals surface area contributed by atoms with E-state index >= 15 is 0 Å². The number of hydrogen-bond acceptors (Lipinski definition) is 3. The summed E-state index contributed by atoms with van der Waals surface area (Å²) in [6.07, 6.45) is 6.66. The summed E-state index contributed by atoms with van der Waals surface area (Å²) in [5.41, 5.74) is 5.74. The van der Waals surface area contributed by atoms with E-state index in [4.69, 9.17) is 5.73 Å². The molecular formula is C11H24N2S. The average Bonchev–Trinajstić information content (AvgIpc) is 2.30. The van der Waals surface area contributed by atoms with Crippen LogP contribution in [0.4, 0.5) is 0 Å². The monoisotopic (exact) mass is 216 g/mol. The molecule has 3 heteroatoms. The van der Waals surface area contributed by atoms with Crippen LogP contribution in [0.3, 0.4) is 0 Å². The molecule has 2 N–H and O–H groups in total. The quantitative estimate of drug-likeness (QED) is 0.704. The first-order chi connectivity index (χ1) is 6.86. The molecule has 14 heavy (non-hydrogen) atoms. The molecule has 0 aromatic heterocycles. The van der Waals surface area contributed by atoms with E-state index in [9.17, 15) is 0 Å². The summed E-state index contributed by atoms with van der Waals surface area (Å²) in [6.45, 7) is 4.54. The van der Waals surface area contributed by atoms with E-state index in [1.54, 1.807) is 0 Å². The van der Waals surface area contributed by atoms with Gasteiger partial charge in [-0.2, -0.15) is 12.6 Å². The number of hydrogen-bond donors (Lipinski definition) is 2. The van der Waals surface area contributed by atoms with Gasteiger partial charge in [0, 0.05) is 12.3 Å². The molecule has 0 bridgehead atoms. The van der Waals surface area contributed by atoms with Crippen LogP contribution in [0, 0.1) is 5.92 Å². The van der Waals surface area contributed by atoms with Crippen molar-refractivity contribution in [1.82, 2.24) is 4.90 Å². The Morgan fingerprint density at radius 3 is 2.57 bits per heavy atom. The topological polar surface area (TPSA) is 29.3 Å². The summed E-state index contributed by atoms with van der Waals surface area (Å²) < 4.78 is 0. The predicted octanol–water partition coefficient (Wildman–Crippen LogP) is 1.76. The van der Waals surface area contributed by atoms with Gasteiger partial charge in [-0.05, 0) is 51.2 Å².